The van der Waals surface area contributed by atoms with Gasteiger partial charge in [0.2, 0.25) is 0 Å². The van der Waals surface area contributed by atoms with E-state index in [-0.39, 0.29) is 5.41 Å². The van der Waals surface area contributed by atoms with Gasteiger partial charge in [0.05, 0.1) is 0 Å². The van der Waals surface area contributed by atoms with E-state index in [0.29, 0.717) is 0 Å². The molecule has 0 atom stereocenters. The minimum Gasteiger partial charge on any atom is -0.0622 e. The van der Waals surface area contributed by atoms with Crippen LogP contribution in [0.15, 0.2) is 90.7 Å². The van der Waals surface area contributed by atoms with E-state index < -0.39 is 7.92 Å². The van der Waals surface area contributed by atoms with Gasteiger partial charge in [0, 0.05) is 0 Å². The van der Waals surface area contributed by atoms with Crippen molar-refractivity contribution in [2.24, 2.45) is 0 Å². The largest absolute Gasteiger partial charge is 0.0622 e. The summed E-state index contributed by atoms with van der Waals surface area (Å²) in [5.41, 5.74) is 2.83. The molecule has 0 aliphatic rings. The van der Waals surface area contributed by atoms with Crippen LogP contribution in [-0.4, -0.2) is 0 Å². The topological polar surface area (TPSA) is 0 Å². The molecule has 0 fully saturated rings. The van der Waals surface area contributed by atoms with Gasteiger partial charge in [-0.05, 0) is 35.1 Å². The summed E-state index contributed by atoms with van der Waals surface area (Å²) >= 11 is 0. The molecule has 0 heterocycles. The van der Waals surface area contributed by atoms with E-state index in [4.69, 9.17) is 0 Å². The van der Waals surface area contributed by atoms with Crippen molar-refractivity contribution in [3.63, 3.8) is 0 Å². The van der Waals surface area contributed by atoms with Crippen molar-refractivity contribution in [3.05, 3.63) is 102 Å². The van der Waals surface area contributed by atoms with Crippen LogP contribution in [0.25, 0.3) is 6.08 Å². The van der Waals surface area contributed by atoms with Crippen molar-refractivity contribution in [2.75, 3.05) is 0 Å². The van der Waals surface area contributed by atoms with Gasteiger partial charge in [-0.2, -0.15) is 0 Å². The zero-order chi connectivity index (χ0) is 17.7. The molecule has 3 aromatic rings. The van der Waals surface area contributed by atoms with Gasteiger partial charge in [-0.25, -0.2) is 0 Å². The molecule has 0 spiro atoms. The molecule has 0 nitrogen and oxygen atoms in total. The van der Waals surface area contributed by atoms with E-state index in [0.717, 1.165) is 0 Å². The molecule has 0 aliphatic heterocycles. The molecule has 0 aromatic heterocycles. The zero-order valence-corrected chi connectivity index (χ0v) is 16.1. The molecular weight excluding hydrogens is 319 g/mol. The summed E-state index contributed by atoms with van der Waals surface area (Å²) in [4.78, 5) is 0. The molecule has 1 heteroatoms. The van der Waals surface area contributed by atoms with E-state index in [2.05, 4.69) is 118 Å². The van der Waals surface area contributed by atoms with E-state index in [9.17, 15) is 0 Å². The van der Waals surface area contributed by atoms with Crippen LogP contribution in [0.3, 0.4) is 0 Å². The Balaban J connectivity index is 1.89. The summed E-state index contributed by atoms with van der Waals surface area (Å²) in [5, 5.41) is 2.76. The molecule has 0 saturated carbocycles. The molecule has 3 aromatic carbocycles. The zero-order valence-electron chi connectivity index (χ0n) is 15.2. The first kappa shape index (κ1) is 17.6. The summed E-state index contributed by atoms with van der Waals surface area (Å²) in [6.07, 6.45) is 2.26. The van der Waals surface area contributed by atoms with Crippen LogP contribution in [-0.2, 0) is 5.41 Å². The Bertz CT molecular complexity index is 770. The van der Waals surface area contributed by atoms with Gasteiger partial charge >= 0.3 is 0 Å². The normalized spacial score (nSPS) is 12.0. The lowest BCUT2D eigenvalue weighted by Crippen LogP contribution is -2.10. The minimum atomic E-state index is -0.485. The predicted molar refractivity (Wildman–Crippen MR) is 113 cm³/mol. The maximum absolute atomic E-state index is 2.37. The second kappa shape index (κ2) is 7.81. The van der Waals surface area contributed by atoms with Gasteiger partial charge in [0.1, 0.15) is 0 Å². The first-order chi connectivity index (χ1) is 12.0. The van der Waals surface area contributed by atoms with E-state index in [1.54, 1.807) is 0 Å². The van der Waals surface area contributed by atoms with Gasteiger partial charge in [-0.3, -0.25) is 0 Å². The molecule has 0 saturated heterocycles. The lowest BCUT2D eigenvalue weighted by molar-refractivity contribution is 0.590. The number of hydrogen-bond acceptors (Lipinski definition) is 0. The number of hydrogen-bond donors (Lipinski definition) is 0. The summed E-state index contributed by atoms with van der Waals surface area (Å²) < 4.78 is 0. The highest BCUT2D eigenvalue weighted by atomic mass is 31.1. The Kier molecular flexibility index (Phi) is 5.51. The quantitative estimate of drug-likeness (QED) is 0.503. The third kappa shape index (κ3) is 4.68. The van der Waals surface area contributed by atoms with E-state index >= 15 is 0 Å². The predicted octanol–water partition coefficient (Wildman–Crippen LogP) is 6.09. The van der Waals surface area contributed by atoms with E-state index in [1.807, 2.05) is 0 Å². The Morgan fingerprint density at radius 3 is 1.56 bits per heavy atom. The summed E-state index contributed by atoms with van der Waals surface area (Å²) in [7, 11) is -0.485. The average molecular weight is 344 g/mol. The first-order valence-corrected chi connectivity index (χ1v) is 10.1. The Hall–Kier alpha value is -2.17. The van der Waals surface area contributed by atoms with Crippen molar-refractivity contribution in [1.82, 2.24) is 0 Å². The van der Waals surface area contributed by atoms with Crippen LogP contribution in [0.4, 0.5) is 0 Å². The lowest BCUT2D eigenvalue weighted by Gasteiger charge is -2.19. The van der Waals surface area contributed by atoms with Crippen molar-refractivity contribution in [3.8, 4) is 0 Å². The number of rotatable bonds is 4. The third-order valence-corrected chi connectivity index (χ3v) is 6.42. The SMILES string of the molecule is CC(C)(C)c1ccc(/C=C\P(c2ccccc2)c2ccccc2)cc1. The van der Waals surface area contributed by atoms with Crippen LogP contribution in [0.5, 0.6) is 0 Å². The Morgan fingerprint density at radius 2 is 1.12 bits per heavy atom. The summed E-state index contributed by atoms with van der Waals surface area (Å²) in [6.45, 7) is 6.76. The van der Waals surface area contributed by atoms with Gasteiger partial charge in [-0.15, -0.1) is 0 Å². The van der Waals surface area contributed by atoms with Gasteiger partial charge < -0.3 is 0 Å². The maximum Gasteiger partial charge on any atom is -0.0132 e. The second-order valence-electron chi connectivity index (χ2n) is 7.23. The van der Waals surface area contributed by atoms with E-state index in [1.165, 1.54) is 21.7 Å². The highest BCUT2D eigenvalue weighted by Gasteiger charge is 2.13. The van der Waals surface area contributed by atoms with Gasteiger partial charge in [0.25, 0.3) is 0 Å². The molecule has 0 amide bonds. The van der Waals surface area contributed by atoms with Gasteiger partial charge in [-0.1, -0.05) is 118 Å². The first-order valence-electron chi connectivity index (χ1n) is 8.72. The fourth-order valence-corrected chi connectivity index (χ4v) is 4.70. The van der Waals surface area contributed by atoms with Gasteiger partial charge in [0.15, 0.2) is 0 Å². The summed E-state index contributed by atoms with van der Waals surface area (Å²) in [6, 6.07) is 30.5. The summed E-state index contributed by atoms with van der Waals surface area (Å²) in [5.74, 6) is 2.37. The molecule has 0 aliphatic carbocycles. The van der Waals surface area contributed by atoms with Crippen molar-refractivity contribution in [2.45, 2.75) is 26.2 Å². The van der Waals surface area contributed by atoms with Crippen molar-refractivity contribution in [1.29, 1.82) is 0 Å². The average Bonchev–Trinajstić information content (AvgIpc) is 2.63. The number of benzene rings is 3. The highest BCUT2D eigenvalue weighted by molar-refractivity contribution is 7.75. The Labute approximate surface area is 153 Å². The van der Waals surface area contributed by atoms with Crippen LogP contribution < -0.4 is 10.6 Å². The van der Waals surface area contributed by atoms with Crippen LogP contribution in [0.2, 0.25) is 0 Å². The van der Waals surface area contributed by atoms with Crippen molar-refractivity contribution >= 4 is 24.6 Å². The maximum atomic E-state index is 2.37. The highest BCUT2D eigenvalue weighted by Crippen LogP contribution is 2.36. The van der Waals surface area contributed by atoms with Crippen molar-refractivity contribution < 1.29 is 0 Å². The molecular formula is C24H25P. The van der Waals surface area contributed by atoms with Crippen LogP contribution in [0.1, 0.15) is 31.9 Å². The fourth-order valence-electron chi connectivity index (χ4n) is 2.75. The van der Waals surface area contributed by atoms with Crippen LogP contribution >= 0.6 is 7.92 Å². The second-order valence-corrected chi connectivity index (χ2v) is 9.30. The molecule has 0 radical (unpaired) electrons. The molecule has 126 valence electrons. The molecule has 25 heavy (non-hydrogen) atoms. The molecule has 0 bridgehead atoms. The van der Waals surface area contributed by atoms with Crippen LogP contribution in [0, 0.1) is 0 Å². The monoisotopic (exact) mass is 344 g/mol. The molecule has 0 N–H and O–H groups in total. The molecule has 0 unspecified atom stereocenters. The smallest absolute Gasteiger partial charge is 0.0132 e. The lowest BCUT2D eigenvalue weighted by atomic mass is 9.87. The minimum absolute atomic E-state index is 0.197. The molecule has 3 rings (SSSR count). The Morgan fingerprint density at radius 1 is 0.640 bits per heavy atom. The standard InChI is InChI=1S/C24H25P/c1-24(2,3)21-16-14-20(15-17-21)18-19-25(22-10-6-4-7-11-22)23-12-8-5-9-13-23/h4-19H,1-3H3/b19-18-. The third-order valence-electron chi connectivity index (χ3n) is 4.26. The fraction of sp³-hybridized carbons (Fsp3) is 0.167.